The third kappa shape index (κ3) is 2.84. The molecule has 0 amide bonds. The summed E-state index contributed by atoms with van der Waals surface area (Å²) in [6, 6.07) is 0.572. The van der Waals surface area contributed by atoms with Gasteiger partial charge in [-0.15, -0.1) is 11.3 Å². The van der Waals surface area contributed by atoms with Crippen molar-refractivity contribution >= 4 is 16.3 Å². The summed E-state index contributed by atoms with van der Waals surface area (Å²) in [7, 11) is 0. The van der Waals surface area contributed by atoms with Crippen LogP contribution in [0.4, 0.5) is 0 Å². The molecule has 104 valence electrons. The van der Waals surface area contributed by atoms with Gasteiger partial charge >= 0.3 is 0 Å². The topological polar surface area (TPSA) is 29.3 Å². The molecule has 1 fully saturated rings. The van der Waals surface area contributed by atoms with Gasteiger partial charge in [0.1, 0.15) is 0 Å². The average Bonchev–Trinajstić information content (AvgIpc) is 3.03. The van der Waals surface area contributed by atoms with E-state index in [0.29, 0.717) is 11.5 Å². The van der Waals surface area contributed by atoms with Crippen molar-refractivity contribution in [1.82, 2.24) is 14.7 Å². The van der Waals surface area contributed by atoms with Crippen LogP contribution in [0.3, 0.4) is 0 Å². The predicted octanol–water partition coefficient (Wildman–Crippen LogP) is 3.50. The summed E-state index contributed by atoms with van der Waals surface area (Å²) in [5.74, 6) is 0. The van der Waals surface area contributed by atoms with Crippen LogP contribution in [0.25, 0.3) is 4.96 Å². The van der Waals surface area contributed by atoms with Crippen LogP contribution in [0.15, 0.2) is 17.8 Å². The normalized spacial score (nSPS) is 18.7. The van der Waals surface area contributed by atoms with E-state index in [4.69, 9.17) is 4.98 Å². The molecule has 0 spiro atoms. The zero-order chi connectivity index (χ0) is 13.3. The van der Waals surface area contributed by atoms with E-state index in [1.54, 1.807) is 11.3 Å². The van der Waals surface area contributed by atoms with Crippen molar-refractivity contribution in [2.45, 2.75) is 52.0 Å². The van der Waals surface area contributed by atoms with E-state index in [1.807, 2.05) is 0 Å². The van der Waals surface area contributed by atoms with Crippen LogP contribution in [-0.2, 0) is 6.42 Å². The lowest BCUT2D eigenvalue weighted by molar-refractivity contribution is 0.267. The van der Waals surface area contributed by atoms with E-state index in [9.17, 15) is 0 Å². The largest absolute Gasteiger partial charge is 0.314 e. The zero-order valence-corrected chi connectivity index (χ0v) is 12.7. The average molecular weight is 277 g/mol. The predicted molar refractivity (Wildman–Crippen MR) is 80.8 cm³/mol. The van der Waals surface area contributed by atoms with E-state index < -0.39 is 0 Å². The number of thiazole rings is 1. The molecule has 1 aliphatic rings. The molecule has 4 heteroatoms. The monoisotopic (exact) mass is 277 g/mol. The minimum absolute atomic E-state index is 0.439. The van der Waals surface area contributed by atoms with Gasteiger partial charge in [-0.25, -0.2) is 4.98 Å². The van der Waals surface area contributed by atoms with Gasteiger partial charge in [0.2, 0.25) is 0 Å². The molecule has 3 nitrogen and oxygen atoms in total. The molecule has 19 heavy (non-hydrogen) atoms. The highest BCUT2D eigenvalue weighted by Gasteiger charge is 2.34. The number of hydrogen-bond acceptors (Lipinski definition) is 3. The maximum absolute atomic E-state index is 4.76. The minimum atomic E-state index is 0.439. The summed E-state index contributed by atoms with van der Waals surface area (Å²) in [6.45, 7) is 5.60. The second-order valence-corrected chi connectivity index (χ2v) is 7.12. The van der Waals surface area contributed by atoms with E-state index >= 15 is 0 Å². The van der Waals surface area contributed by atoms with Gasteiger partial charge in [0.25, 0.3) is 0 Å². The second-order valence-electron chi connectivity index (χ2n) is 6.24. The maximum Gasteiger partial charge on any atom is 0.193 e. The third-order valence-electron chi connectivity index (χ3n) is 4.25. The fraction of sp³-hybridized carbons (Fsp3) is 0.667. The summed E-state index contributed by atoms with van der Waals surface area (Å²) in [5, 5.41) is 5.74. The van der Waals surface area contributed by atoms with Crippen LogP contribution in [0, 0.1) is 5.41 Å². The van der Waals surface area contributed by atoms with Crippen molar-refractivity contribution < 1.29 is 0 Å². The number of hydrogen-bond donors (Lipinski definition) is 1. The van der Waals surface area contributed by atoms with Crippen molar-refractivity contribution in [2.24, 2.45) is 5.41 Å². The lowest BCUT2D eigenvalue weighted by Crippen LogP contribution is -2.37. The molecule has 0 bridgehead atoms. The maximum atomic E-state index is 4.76. The molecule has 0 radical (unpaired) electrons. The van der Waals surface area contributed by atoms with Crippen molar-refractivity contribution in [3.8, 4) is 0 Å². The molecule has 1 aliphatic carbocycles. The van der Waals surface area contributed by atoms with Crippen molar-refractivity contribution in [1.29, 1.82) is 0 Å². The van der Waals surface area contributed by atoms with Crippen LogP contribution in [0.2, 0.25) is 0 Å². The number of nitrogens with zero attached hydrogens (tertiary/aromatic N) is 2. The van der Waals surface area contributed by atoms with Gasteiger partial charge in [-0.1, -0.05) is 26.7 Å². The van der Waals surface area contributed by atoms with Crippen LogP contribution in [0.5, 0.6) is 0 Å². The van der Waals surface area contributed by atoms with Crippen LogP contribution < -0.4 is 5.32 Å². The first-order valence-corrected chi connectivity index (χ1v) is 8.19. The molecule has 0 unspecified atom stereocenters. The highest BCUT2D eigenvalue weighted by atomic mass is 32.1. The van der Waals surface area contributed by atoms with Crippen molar-refractivity contribution in [2.75, 3.05) is 6.54 Å². The first-order valence-electron chi connectivity index (χ1n) is 7.31. The summed E-state index contributed by atoms with van der Waals surface area (Å²) in [6.07, 6.45) is 10.9. The van der Waals surface area contributed by atoms with E-state index in [0.717, 1.165) is 17.9 Å². The van der Waals surface area contributed by atoms with Gasteiger partial charge in [0, 0.05) is 30.4 Å². The Morgan fingerprint density at radius 2 is 2.21 bits per heavy atom. The van der Waals surface area contributed by atoms with Gasteiger partial charge in [0.15, 0.2) is 4.96 Å². The molecular formula is C15H23N3S. The van der Waals surface area contributed by atoms with Gasteiger partial charge in [-0.05, 0) is 24.7 Å². The highest BCUT2D eigenvalue weighted by Crippen LogP contribution is 2.40. The van der Waals surface area contributed by atoms with Crippen molar-refractivity contribution in [3.63, 3.8) is 0 Å². The summed E-state index contributed by atoms with van der Waals surface area (Å²) < 4.78 is 2.15. The van der Waals surface area contributed by atoms with Gasteiger partial charge in [0.05, 0.1) is 5.69 Å². The molecule has 0 atom stereocenters. The quantitative estimate of drug-likeness (QED) is 0.906. The molecule has 0 aromatic carbocycles. The molecule has 2 heterocycles. The van der Waals surface area contributed by atoms with Crippen LogP contribution in [-0.4, -0.2) is 22.0 Å². The Balaban J connectivity index is 1.75. The van der Waals surface area contributed by atoms with Gasteiger partial charge in [-0.2, -0.15) is 0 Å². The Morgan fingerprint density at radius 1 is 1.42 bits per heavy atom. The molecule has 0 saturated heterocycles. The minimum Gasteiger partial charge on any atom is -0.314 e. The Hall–Kier alpha value is -0.870. The lowest BCUT2D eigenvalue weighted by Gasteiger charge is -2.29. The lowest BCUT2D eigenvalue weighted by atomic mass is 9.81. The molecule has 3 rings (SSSR count). The van der Waals surface area contributed by atoms with E-state index in [-0.39, 0.29) is 0 Å². The Kier molecular flexibility index (Phi) is 3.63. The number of rotatable bonds is 5. The number of aromatic nitrogens is 2. The van der Waals surface area contributed by atoms with E-state index in [1.165, 1.54) is 31.4 Å². The second kappa shape index (κ2) is 5.25. The number of fused-ring (bicyclic) bond motifs is 1. The molecule has 1 N–H and O–H groups in total. The Labute approximate surface area is 119 Å². The molecule has 2 aromatic heterocycles. The highest BCUT2D eigenvalue weighted by molar-refractivity contribution is 7.15. The van der Waals surface area contributed by atoms with Crippen LogP contribution in [0.1, 0.15) is 45.2 Å². The van der Waals surface area contributed by atoms with Gasteiger partial charge < -0.3 is 5.32 Å². The Bertz CT molecular complexity index is 506. The standard InChI is InChI=1S/C15H23N3S/c1-12(2)16-11-15(5-3-4-6-15)9-13-10-18-7-8-19-14(18)17-13/h7-8,10,12,16H,3-6,9,11H2,1-2H3. The fourth-order valence-corrected chi connectivity index (χ4v) is 3.93. The molecule has 1 saturated carbocycles. The number of nitrogens with one attached hydrogen (secondary N) is 1. The first-order chi connectivity index (χ1) is 9.17. The Morgan fingerprint density at radius 3 is 2.89 bits per heavy atom. The summed E-state index contributed by atoms with van der Waals surface area (Å²) >= 11 is 1.72. The summed E-state index contributed by atoms with van der Waals surface area (Å²) in [5.41, 5.74) is 1.70. The fourth-order valence-electron chi connectivity index (χ4n) is 3.21. The van der Waals surface area contributed by atoms with Crippen molar-refractivity contribution in [3.05, 3.63) is 23.5 Å². The van der Waals surface area contributed by atoms with Crippen LogP contribution >= 0.6 is 11.3 Å². The molecule has 2 aromatic rings. The van der Waals surface area contributed by atoms with Gasteiger partial charge in [-0.3, -0.25) is 4.40 Å². The number of imidazole rings is 1. The molecular weight excluding hydrogens is 254 g/mol. The summed E-state index contributed by atoms with van der Waals surface area (Å²) in [4.78, 5) is 5.89. The zero-order valence-electron chi connectivity index (χ0n) is 11.9. The smallest absolute Gasteiger partial charge is 0.193 e. The third-order valence-corrected chi connectivity index (χ3v) is 5.02. The first kappa shape index (κ1) is 13.1. The van der Waals surface area contributed by atoms with E-state index in [2.05, 4.69) is 41.3 Å². The SMILES string of the molecule is CC(C)NCC1(Cc2cn3ccsc3n2)CCCC1. The molecule has 0 aliphatic heterocycles.